The first-order valence-corrected chi connectivity index (χ1v) is 9.20. The maximum atomic E-state index is 12.1. The predicted molar refractivity (Wildman–Crippen MR) is 101 cm³/mol. The maximum absolute atomic E-state index is 12.1. The third-order valence-electron chi connectivity index (χ3n) is 3.76. The van der Waals surface area contributed by atoms with Crippen molar-refractivity contribution in [3.8, 4) is 0 Å². The van der Waals surface area contributed by atoms with Crippen molar-refractivity contribution in [3.05, 3.63) is 52.8 Å². The van der Waals surface area contributed by atoms with Crippen molar-refractivity contribution in [1.82, 2.24) is 10.3 Å². The van der Waals surface area contributed by atoms with Gasteiger partial charge in [0.2, 0.25) is 0 Å². The van der Waals surface area contributed by atoms with Gasteiger partial charge in [0.1, 0.15) is 5.69 Å². The Balaban J connectivity index is 1.76. The number of aryl methyl sites for hydroxylation is 1. The number of benzene rings is 1. The first-order chi connectivity index (χ1) is 12.4. The molecule has 0 aliphatic heterocycles. The van der Waals surface area contributed by atoms with Gasteiger partial charge in [0, 0.05) is 28.5 Å². The Labute approximate surface area is 156 Å². The smallest absolute Gasteiger partial charge is 0.355 e. The number of thioether (sulfide) groups is 1. The van der Waals surface area contributed by atoms with E-state index >= 15 is 0 Å². The lowest BCUT2D eigenvalue weighted by Gasteiger charge is -2.06. The number of hydrogen-bond acceptors (Lipinski definition) is 5. The van der Waals surface area contributed by atoms with Gasteiger partial charge in [-0.1, -0.05) is 18.2 Å². The number of Topliss-reactive ketones (excluding diaryl/α,β-unsaturated/α-hetero) is 1. The number of H-pyrrole nitrogens is 1. The molecule has 2 rings (SSSR count). The van der Waals surface area contributed by atoms with E-state index in [0.29, 0.717) is 23.4 Å². The minimum Gasteiger partial charge on any atom is -0.451 e. The lowest BCUT2D eigenvalue weighted by atomic mass is 10.1. The van der Waals surface area contributed by atoms with Gasteiger partial charge in [-0.2, -0.15) is 0 Å². The summed E-state index contributed by atoms with van der Waals surface area (Å²) in [6.45, 7) is 4.96. The summed E-state index contributed by atoms with van der Waals surface area (Å²) in [5, 5.41) is 2.71. The van der Waals surface area contributed by atoms with Crippen LogP contribution in [-0.4, -0.2) is 41.5 Å². The van der Waals surface area contributed by atoms with E-state index in [9.17, 15) is 14.4 Å². The number of aromatic amines is 1. The van der Waals surface area contributed by atoms with Crippen LogP contribution in [0.1, 0.15) is 39.0 Å². The molecule has 1 aromatic heterocycles. The number of hydrogen-bond donors (Lipinski definition) is 2. The van der Waals surface area contributed by atoms with E-state index in [-0.39, 0.29) is 24.0 Å². The highest BCUT2D eigenvalue weighted by molar-refractivity contribution is 7.99. The second-order valence-electron chi connectivity index (χ2n) is 5.77. The standard InChI is InChI=1S/C19H22N2O4S/c1-12-17(14(3)22)13(2)21-18(12)19(24)25-11-16(23)20-9-10-26-15-7-5-4-6-8-15/h4-8,21H,9-11H2,1-3H3,(H,20,23). The molecule has 6 nitrogen and oxygen atoms in total. The molecule has 138 valence electrons. The minimum atomic E-state index is -0.646. The lowest BCUT2D eigenvalue weighted by molar-refractivity contribution is -0.124. The number of esters is 1. The number of carbonyl (C=O) groups excluding carboxylic acids is 3. The summed E-state index contributed by atoms with van der Waals surface area (Å²) in [4.78, 5) is 39.5. The van der Waals surface area contributed by atoms with Gasteiger partial charge in [-0.15, -0.1) is 11.8 Å². The average Bonchev–Trinajstić information content (AvgIpc) is 2.92. The quantitative estimate of drug-likeness (QED) is 0.321. The van der Waals surface area contributed by atoms with E-state index in [0.717, 1.165) is 10.6 Å². The Morgan fingerprint density at radius 1 is 1.15 bits per heavy atom. The second kappa shape index (κ2) is 9.24. The van der Waals surface area contributed by atoms with Gasteiger partial charge in [0.05, 0.1) is 0 Å². The maximum Gasteiger partial charge on any atom is 0.355 e. The Morgan fingerprint density at radius 2 is 1.85 bits per heavy atom. The summed E-state index contributed by atoms with van der Waals surface area (Å²) in [5.74, 6) is -0.406. The van der Waals surface area contributed by atoms with E-state index < -0.39 is 5.97 Å². The van der Waals surface area contributed by atoms with E-state index in [4.69, 9.17) is 4.74 Å². The van der Waals surface area contributed by atoms with Crippen molar-refractivity contribution in [2.45, 2.75) is 25.7 Å². The van der Waals surface area contributed by atoms with Crippen molar-refractivity contribution in [2.24, 2.45) is 0 Å². The summed E-state index contributed by atoms with van der Waals surface area (Å²) >= 11 is 1.63. The van der Waals surface area contributed by atoms with Gasteiger partial charge in [-0.05, 0) is 38.5 Å². The molecule has 1 aromatic carbocycles. The highest BCUT2D eigenvalue weighted by atomic mass is 32.2. The molecule has 0 bridgehead atoms. The largest absolute Gasteiger partial charge is 0.451 e. The molecule has 0 unspecified atom stereocenters. The lowest BCUT2D eigenvalue weighted by Crippen LogP contribution is -2.30. The summed E-state index contributed by atoms with van der Waals surface area (Å²) < 4.78 is 5.03. The van der Waals surface area contributed by atoms with Gasteiger partial charge in [-0.3, -0.25) is 9.59 Å². The van der Waals surface area contributed by atoms with E-state index in [1.807, 2.05) is 30.3 Å². The highest BCUT2D eigenvalue weighted by Gasteiger charge is 2.21. The van der Waals surface area contributed by atoms with Crippen LogP contribution in [0, 0.1) is 13.8 Å². The molecule has 1 heterocycles. The van der Waals surface area contributed by atoms with Crippen LogP contribution in [0.5, 0.6) is 0 Å². The molecule has 26 heavy (non-hydrogen) atoms. The zero-order valence-corrected chi connectivity index (χ0v) is 15.9. The van der Waals surface area contributed by atoms with E-state index in [1.165, 1.54) is 6.92 Å². The Morgan fingerprint density at radius 3 is 2.46 bits per heavy atom. The summed E-state index contributed by atoms with van der Waals surface area (Å²) in [6.07, 6.45) is 0. The molecule has 0 saturated heterocycles. The molecule has 2 N–H and O–H groups in total. The summed E-state index contributed by atoms with van der Waals surface area (Å²) in [7, 11) is 0. The SMILES string of the molecule is CC(=O)c1c(C)[nH]c(C(=O)OCC(=O)NCCSc2ccccc2)c1C. The van der Waals surface area contributed by atoms with Gasteiger partial charge >= 0.3 is 5.97 Å². The van der Waals surface area contributed by atoms with Gasteiger partial charge in [-0.25, -0.2) is 4.79 Å². The zero-order valence-electron chi connectivity index (χ0n) is 15.0. The molecular formula is C19H22N2O4S. The monoisotopic (exact) mass is 374 g/mol. The van der Waals surface area contributed by atoms with Crippen LogP contribution in [-0.2, 0) is 9.53 Å². The molecule has 0 aliphatic rings. The third-order valence-corrected chi connectivity index (χ3v) is 4.78. The first-order valence-electron chi connectivity index (χ1n) is 8.22. The van der Waals surface area contributed by atoms with Crippen molar-refractivity contribution in [2.75, 3.05) is 18.9 Å². The number of amides is 1. The van der Waals surface area contributed by atoms with Crippen LogP contribution in [0.15, 0.2) is 35.2 Å². The van der Waals surface area contributed by atoms with Crippen molar-refractivity contribution >= 4 is 29.4 Å². The minimum absolute atomic E-state index is 0.121. The number of nitrogens with one attached hydrogen (secondary N) is 2. The number of aromatic nitrogens is 1. The normalized spacial score (nSPS) is 10.4. The highest BCUT2D eigenvalue weighted by Crippen LogP contribution is 2.19. The molecule has 0 atom stereocenters. The third kappa shape index (κ3) is 5.23. The van der Waals surface area contributed by atoms with E-state index in [1.54, 1.807) is 25.6 Å². The van der Waals surface area contributed by atoms with Crippen molar-refractivity contribution in [3.63, 3.8) is 0 Å². The summed E-state index contributed by atoms with van der Waals surface area (Å²) in [5.41, 5.74) is 1.85. The average molecular weight is 374 g/mol. The first kappa shape index (κ1) is 19.8. The molecule has 0 spiro atoms. The number of ketones is 1. The number of rotatable bonds is 8. The predicted octanol–water partition coefficient (Wildman–Crippen LogP) is 2.90. The fourth-order valence-corrected chi connectivity index (χ4v) is 3.40. The molecule has 7 heteroatoms. The Hall–Kier alpha value is -2.54. The Bertz CT molecular complexity index is 799. The molecule has 0 saturated carbocycles. The zero-order chi connectivity index (χ0) is 19.1. The number of ether oxygens (including phenoxy) is 1. The molecule has 0 aliphatic carbocycles. The molecule has 1 amide bonds. The fourth-order valence-electron chi connectivity index (χ4n) is 2.61. The summed E-state index contributed by atoms with van der Waals surface area (Å²) in [6, 6.07) is 9.88. The molecule has 0 fully saturated rings. The second-order valence-corrected chi connectivity index (χ2v) is 6.94. The fraction of sp³-hybridized carbons (Fsp3) is 0.316. The van der Waals surface area contributed by atoms with Gasteiger partial charge in [0.25, 0.3) is 5.91 Å². The molecular weight excluding hydrogens is 352 g/mol. The van der Waals surface area contributed by atoms with Crippen molar-refractivity contribution in [1.29, 1.82) is 0 Å². The van der Waals surface area contributed by atoms with Crippen LogP contribution < -0.4 is 5.32 Å². The van der Waals surface area contributed by atoms with Crippen LogP contribution in [0.2, 0.25) is 0 Å². The topological polar surface area (TPSA) is 88.3 Å². The molecule has 0 radical (unpaired) electrons. The van der Waals surface area contributed by atoms with E-state index in [2.05, 4.69) is 10.3 Å². The van der Waals surface area contributed by atoms with Crippen LogP contribution in [0.4, 0.5) is 0 Å². The van der Waals surface area contributed by atoms with Crippen LogP contribution in [0.25, 0.3) is 0 Å². The Kier molecular flexibility index (Phi) is 7.03. The van der Waals surface area contributed by atoms with Crippen molar-refractivity contribution < 1.29 is 19.1 Å². The molecule has 2 aromatic rings. The number of carbonyl (C=O) groups is 3. The van der Waals surface area contributed by atoms with Gasteiger partial charge in [0.15, 0.2) is 12.4 Å². The van der Waals surface area contributed by atoms with Crippen LogP contribution in [0.3, 0.4) is 0 Å². The van der Waals surface area contributed by atoms with Gasteiger partial charge < -0.3 is 15.0 Å². The van der Waals surface area contributed by atoms with Crippen LogP contribution >= 0.6 is 11.8 Å².